The molecule has 0 amide bonds. The number of fused-ring (bicyclic) bond motifs is 1. The number of aromatic nitrogens is 3. The number of phenols is 1. The van der Waals surface area contributed by atoms with Gasteiger partial charge in [-0.25, -0.2) is 4.79 Å². The fraction of sp³-hybridized carbons (Fsp3) is 0.321. The zero-order valence-electron chi connectivity index (χ0n) is 21.1. The number of aromatic hydroxyl groups is 1. The van der Waals surface area contributed by atoms with Crippen LogP contribution in [0.25, 0.3) is 11.0 Å². The largest absolute Gasteiger partial charge is 0.508 e. The van der Waals surface area contributed by atoms with Crippen molar-refractivity contribution in [3.63, 3.8) is 0 Å². The van der Waals surface area contributed by atoms with Crippen molar-refractivity contribution in [1.82, 2.24) is 14.8 Å². The van der Waals surface area contributed by atoms with Crippen LogP contribution in [0.15, 0.2) is 69.5 Å². The Hall–Kier alpha value is -3.52. The van der Waals surface area contributed by atoms with Crippen molar-refractivity contribution in [3.8, 4) is 11.5 Å². The number of allylic oxidation sites excluding steroid dienone is 1. The third-order valence-electron chi connectivity index (χ3n) is 5.96. The lowest BCUT2D eigenvalue weighted by atomic mass is 9.87. The Bertz CT molecular complexity index is 1430. The highest BCUT2D eigenvalue weighted by atomic mass is 32.2. The third kappa shape index (κ3) is 5.65. The van der Waals surface area contributed by atoms with Gasteiger partial charge in [-0.05, 0) is 46.7 Å². The van der Waals surface area contributed by atoms with E-state index in [9.17, 15) is 9.90 Å². The van der Waals surface area contributed by atoms with Crippen molar-refractivity contribution in [2.75, 3.05) is 0 Å². The minimum absolute atomic E-state index is 0.0817. The summed E-state index contributed by atoms with van der Waals surface area (Å²) in [5.74, 6) is 2.07. The Kier molecular flexibility index (Phi) is 7.54. The van der Waals surface area contributed by atoms with E-state index in [1.165, 1.54) is 29.5 Å². The maximum atomic E-state index is 12.1. The Labute approximate surface area is 214 Å². The summed E-state index contributed by atoms with van der Waals surface area (Å²) >= 11 is 1.47. The van der Waals surface area contributed by atoms with Crippen LogP contribution in [0.5, 0.6) is 11.5 Å². The number of hydrogen-bond acceptors (Lipinski definition) is 7. The van der Waals surface area contributed by atoms with Crippen LogP contribution in [0.2, 0.25) is 0 Å². The first-order valence-corrected chi connectivity index (χ1v) is 12.9. The molecule has 0 fully saturated rings. The van der Waals surface area contributed by atoms with Gasteiger partial charge in [0, 0.05) is 29.8 Å². The van der Waals surface area contributed by atoms with Crippen LogP contribution in [0, 0.1) is 0 Å². The first-order chi connectivity index (χ1) is 17.2. The number of benzene rings is 2. The van der Waals surface area contributed by atoms with Crippen LogP contribution in [-0.4, -0.2) is 19.9 Å². The normalized spacial score (nSPS) is 11.7. The molecule has 0 radical (unpaired) electrons. The van der Waals surface area contributed by atoms with Crippen LogP contribution in [0.3, 0.4) is 0 Å². The molecular formula is C28H31N3O4S. The van der Waals surface area contributed by atoms with Crippen molar-refractivity contribution in [3.05, 3.63) is 88.1 Å². The fourth-order valence-electron chi connectivity index (χ4n) is 3.90. The van der Waals surface area contributed by atoms with Crippen molar-refractivity contribution in [1.29, 1.82) is 0 Å². The molecule has 2 aromatic carbocycles. The van der Waals surface area contributed by atoms with E-state index < -0.39 is 5.63 Å². The molecule has 4 aromatic rings. The Balaban J connectivity index is 1.53. The Morgan fingerprint density at radius 2 is 1.89 bits per heavy atom. The van der Waals surface area contributed by atoms with Gasteiger partial charge >= 0.3 is 5.63 Å². The SMILES string of the molecule is C=CCn1c(COc2ccc(C(C)(C)C)cc2)nnc1SCc1cc(=O)oc2cc(O)c(CC)cc12. The summed E-state index contributed by atoms with van der Waals surface area (Å²) in [5, 5.41) is 20.4. The van der Waals surface area contributed by atoms with Crippen LogP contribution in [0.4, 0.5) is 0 Å². The van der Waals surface area contributed by atoms with E-state index in [1.807, 2.05) is 29.7 Å². The summed E-state index contributed by atoms with van der Waals surface area (Å²) in [7, 11) is 0. The molecule has 36 heavy (non-hydrogen) atoms. The first kappa shape index (κ1) is 25.6. The first-order valence-electron chi connectivity index (χ1n) is 11.9. The topological polar surface area (TPSA) is 90.4 Å². The summed E-state index contributed by atoms with van der Waals surface area (Å²) in [5.41, 5.74) is 2.84. The van der Waals surface area contributed by atoms with E-state index in [2.05, 4.69) is 49.7 Å². The van der Waals surface area contributed by atoms with E-state index in [0.717, 1.165) is 22.3 Å². The zero-order valence-corrected chi connectivity index (χ0v) is 21.9. The van der Waals surface area contributed by atoms with Crippen molar-refractivity contribution < 1.29 is 14.3 Å². The van der Waals surface area contributed by atoms with E-state index >= 15 is 0 Å². The van der Waals surface area contributed by atoms with E-state index in [1.54, 1.807) is 6.08 Å². The molecule has 0 aliphatic heterocycles. The maximum Gasteiger partial charge on any atom is 0.336 e. The van der Waals surface area contributed by atoms with Gasteiger partial charge in [-0.3, -0.25) is 4.57 Å². The Morgan fingerprint density at radius 1 is 1.14 bits per heavy atom. The van der Waals surface area contributed by atoms with Gasteiger partial charge in [0.05, 0.1) is 0 Å². The lowest BCUT2D eigenvalue weighted by Gasteiger charge is -2.19. The number of nitrogens with zero attached hydrogens (tertiary/aromatic N) is 3. The van der Waals surface area contributed by atoms with Crippen LogP contribution in [0.1, 0.15) is 50.2 Å². The highest BCUT2D eigenvalue weighted by Crippen LogP contribution is 2.31. The van der Waals surface area contributed by atoms with Gasteiger partial charge in [0.2, 0.25) is 0 Å². The molecule has 0 spiro atoms. The van der Waals surface area contributed by atoms with Crippen molar-refractivity contribution >= 4 is 22.7 Å². The predicted octanol–water partition coefficient (Wildman–Crippen LogP) is 6.01. The summed E-state index contributed by atoms with van der Waals surface area (Å²) in [6, 6.07) is 13.0. The lowest BCUT2D eigenvalue weighted by Crippen LogP contribution is -2.11. The van der Waals surface area contributed by atoms with Gasteiger partial charge in [-0.2, -0.15) is 0 Å². The summed E-state index contributed by atoms with van der Waals surface area (Å²) in [4.78, 5) is 12.1. The molecule has 0 aliphatic carbocycles. The van der Waals surface area contributed by atoms with Gasteiger partial charge in [0.25, 0.3) is 0 Å². The number of hydrogen-bond donors (Lipinski definition) is 1. The van der Waals surface area contributed by atoms with Gasteiger partial charge in [-0.15, -0.1) is 16.8 Å². The van der Waals surface area contributed by atoms with Crippen molar-refractivity contribution in [2.24, 2.45) is 0 Å². The van der Waals surface area contributed by atoms with E-state index in [4.69, 9.17) is 9.15 Å². The molecule has 0 unspecified atom stereocenters. The fourth-order valence-corrected chi connectivity index (χ4v) is 4.85. The molecule has 2 heterocycles. The van der Waals surface area contributed by atoms with E-state index in [-0.39, 0.29) is 17.8 Å². The molecule has 4 rings (SSSR count). The van der Waals surface area contributed by atoms with Crippen LogP contribution < -0.4 is 10.4 Å². The number of aryl methyl sites for hydroxylation is 1. The van der Waals surface area contributed by atoms with Crippen LogP contribution in [-0.2, 0) is 30.7 Å². The van der Waals surface area contributed by atoms with Crippen molar-refractivity contribution in [2.45, 2.75) is 63.6 Å². The predicted molar refractivity (Wildman–Crippen MR) is 143 cm³/mol. The molecule has 0 saturated heterocycles. The monoisotopic (exact) mass is 505 g/mol. The Morgan fingerprint density at radius 3 is 2.56 bits per heavy atom. The average Bonchev–Trinajstić information content (AvgIpc) is 3.22. The van der Waals surface area contributed by atoms with Gasteiger partial charge in [-0.1, -0.05) is 57.7 Å². The third-order valence-corrected chi connectivity index (χ3v) is 6.98. The number of rotatable bonds is 9. The minimum atomic E-state index is -0.458. The second-order valence-electron chi connectivity index (χ2n) is 9.57. The molecular weight excluding hydrogens is 474 g/mol. The van der Waals surface area contributed by atoms with E-state index in [0.29, 0.717) is 35.3 Å². The average molecular weight is 506 g/mol. The van der Waals surface area contributed by atoms with Gasteiger partial charge in [0.1, 0.15) is 23.7 Å². The second-order valence-corrected chi connectivity index (χ2v) is 10.5. The minimum Gasteiger partial charge on any atom is -0.508 e. The standard InChI is InChI=1S/C28H31N3O4S/c1-6-12-31-25(16-34-21-10-8-20(9-11-21)28(3,4)5)29-30-27(31)36-17-19-14-26(33)35-24-15-23(32)18(7-2)13-22(19)24/h6,8-11,13-15,32H,1,7,12,16-17H2,2-5H3. The quantitative estimate of drug-likeness (QED) is 0.169. The number of thioether (sulfide) groups is 1. The maximum absolute atomic E-state index is 12.1. The summed E-state index contributed by atoms with van der Waals surface area (Å²) in [6.07, 6.45) is 2.46. The second kappa shape index (κ2) is 10.6. The molecule has 7 nitrogen and oxygen atoms in total. The molecule has 8 heteroatoms. The van der Waals surface area contributed by atoms with Crippen LogP contribution >= 0.6 is 11.8 Å². The van der Waals surface area contributed by atoms with Gasteiger partial charge in [0.15, 0.2) is 11.0 Å². The molecule has 0 atom stereocenters. The number of phenolic OH excluding ortho intramolecular Hbond substituents is 1. The molecule has 0 aliphatic rings. The highest BCUT2D eigenvalue weighted by molar-refractivity contribution is 7.98. The molecule has 188 valence electrons. The molecule has 1 N–H and O–H groups in total. The molecule has 0 saturated carbocycles. The molecule has 2 aromatic heterocycles. The zero-order chi connectivity index (χ0) is 25.9. The highest BCUT2D eigenvalue weighted by Gasteiger charge is 2.16. The lowest BCUT2D eigenvalue weighted by molar-refractivity contribution is 0.289. The number of ether oxygens (including phenoxy) is 1. The summed E-state index contributed by atoms with van der Waals surface area (Å²) < 4.78 is 13.3. The smallest absolute Gasteiger partial charge is 0.336 e. The summed E-state index contributed by atoms with van der Waals surface area (Å²) in [6.45, 7) is 13.2. The molecule has 0 bridgehead atoms. The van der Waals surface area contributed by atoms with Gasteiger partial charge < -0.3 is 14.3 Å².